The van der Waals surface area contributed by atoms with Crippen molar-refractivity contribution < 1.29 is 0 Å². The lowest BCUT2D eigenvalue weighted by atomic mass is 9.95. The second-order valence-corrected chi connectivity index (χ2v) is 5.72. The Hall–Kier alpha value is -1.83. The van der Waals surface area contributed by atoms with Crippen molar-refractivity contribution in [2.75, 3.05) is 0 Å². The highest BCUT2D eigenvalue weighted by molar-refractivity contribution is 6.34. The molecule has 0 saturated carbocycles. The summed E-state index contributed by atoms with van der Waals surface area (Å²) in [5, 5.41) is 2.42. The molecule has 0 fully saturated rings. The molecule has 104 valence electrons. The summed E-state index contributed by atoms with van der Waals surface area (Å²) in [5.74, 6) is 0. The van der Waals surface area contributed by atoms with Crippen molar-refractivity contribution in [3.8, 4) is 11.1 Å². The lowest BCUT2D eigenvalue weighted by molar-refractivity contribution is 1.26. The number of hydrogen-bond acceptors (Lipinski definition) is 1. The van der Waals surface area contributed by atoms with Gasteiger partial charge in [0, 0.05) is 21.7 Å². The molecular formula is C18H13Cl2N. The summed E-state index contributed by atoms with van der Waals surface area (Å²) in [6.45, 7) is 5.86. The van der Waals surface area contributed by atoms with E-state index in [1.807, 2.05) is 43.3 Å². The van der Waals surface area contributed by atoms with E-state index in [4.69, 9.17) is 23.2 Å². The number of rotatable bonds is 2. The van der Waals surface area contributed by atoms with E-state index in [1.54, 1.807) is 6.08 Å². The third-order valence-electron chi connectivity index (χ3n) is 3.46. The summed E-state index contributed by atoms with van der Waals surface area (Å²) >= 11 is 12.4. The number of hydrogen-bond donors (Lipinski definition) is 0. The van der Waals surface area contributed by atoms with Gasteiger partial charge in [0.2, 0.25) is 0 Å². The van der Waals surface area contributed by atoms with Crippen LogP contribution in [0.5, 0.6) is 0 Å². The Bertz CT molecular complexity index is 836. The maximum absolute atomic E-state index is 6.40. The van der Waals surface area contributed by atoms with Crippen molar-refractivity contribution in [2.45, 2.75) is 6.92 Å². The van der Waals surface area contributed by atoms with Crippen LogP contribution in [-0.2, 0) is 0 Å². The minimum atomic E-state index is 0.653. The van der Waals surface area contributed by atoms with Crippen LogP contribution in [0.1, 0.15) is 11.3 Å². The molecule has 21 heavy (non-hydrogen) atoms. The fraction of sp³-hybridized carbons (Fsp3) is 0.0556. The molecule has 0 aliphatic heterocycles. The second-order valence-electron chi connectivity index (χ2n) is 4.88. The molecule has 2 aromatic carbocycles. The van der Waals surface area contributed by atoms with Gasteiger partial charge in [0.05, 0.1) is 10.5 Å². The number of aryl methyl sites for hydroxylation is 1. The van der Waals surface area contributed by atoms with Crippen LogP contribution >= 0.6 is 23.2 Å². The molecule has 0 bridgehead atoms. The molecular weight excluding hydrogens is 301 g/mol. The van der Waals surface area contributed by atoms with Gasteiger partial charge in [0.1, 0.15) is 0 Å². The Morgan fingerprint density at radius 3 is 2.43 bits per heavy atom. The van der Waals surface area contributed by atoms with Crippen molar-refractivity contribution in [3.05, 3.63) is 70.3 Å². The lowest BCUT2D eigenvalue weighted by Crippen LogP contribution is -1.91. The molecule has 0 saturated heterocycles. The Kier molecular flexibility index (Phi) is 3.71. The number of aromatic nitrogens is 1. The first-order chi connectivity index (χ1) is 10.1. The molecule has 1 nitrogen and oxygen atoms in total. The Morgan fingerprint density at radius 2 is 1.76 bits per heavy atom. The Balaban J connectivity index is 2.42. The largest absolute Gasteiger partial charge is 0.253 e. The zero-order chi connectivity index (χ0) is 15.0. The molecule has 3 rings (SSSR count). The summed E-state index contributed by atoms with van der Waals surface area (Å²) in [5.41, 5.74) is 4.85. The lowest BCUT2D eigenvalue weighted by Gasteiger charge is -2.13. The quantitative estimate of drug-likeness (QED) is 0.552. The molecule has 0 N–H and O–H groups in total. The first-order valence-corrected chi connectivity index (χ1v) is 7.34. The normalized spacial score (nSPS) is 10.8. The molecule has 0 radical (unpaired) electrons. The summed E-state index contributed by atoms with van der Waals surface area (Å²) in [6, 6.07) is 13.7. The SMILES string of the molecule is C=Cc1c(Cl)cc2nc(C)ccc2c1-c1ccc(Cl)cc1. The van der Waals surface area contributed by atoms with Crippen molar-refractivity contribution in [1.29, 1.82) is 0 Å². The predicted octanol–water partition coefficient (Wildman–Crippen LogP) is 6.16. The maximum Gasteiger partial charge on any atom is 0.0726 e. The number of fused-ring (bicyclic) bond motifs is 1. The molecule has 0 spiro atoms. The predicted molar refractivity (Wildman–Crippen MR) is 92.0 cm³/mol. The van der Waals surface area contributed by atoms with E-state index in [9.17, 15) is 0 Å². The van der Waals surface area contributed by atoms with Gasteiger partial charge < -0.3 is 0 Å². The van der Waals surface area contributed by atoms with E-state index < -0.39 is 0 Å². The van der Waals surface area contributed by atoms with Crippen LogP contribution in [0.25, 0.3) is 28.1 Å². The number of halogens is 2. The highest BCUT2D eigenvalue weighted by Gasteiger charge is 2.13. The van der Waals surface area contributed by atoms with Crippen LogP contribution in [0, 0.1) is 6.92 Å². The van der Waals surface area contributed by atoms with E-state index in [1.165, 1.54) is 0 Å². The first kappa shape index (κ1) is 14.1. The Labute approximate surface area is 133 Å². The monoisotopic (exact) mass is 313 g/mol. The Morgan fingerprint density at radius 1 is 1.05 bits per heavy atom. The number of benzene rings is 2. The number of nitrogens with zero attached hydrogens (tertiary/aromatic N) is 1. The van der Waals surface area contributed by atoms with Crippen LogP contribution in [0.3, 0.4) is 0 Å². The molecule has 0 amide bonds. The maximum atomic E-state index is 6.40. The fourth-order valence-electron chi connectivity index (χ4n) is 2.49. The van der Waals surface area contributed by atoms with Gasteiger partial charge in [-0.25, -0.2) is 0 Å². The second kappa shape index (κ2) is 5.51. The zero-order valence-electron chi connectivity index (χ0n) is 11.5. The van der Waals surface area contributed by atoms with Crippen molar-refractivity contribution in [2.24, 2.45) is 0 Å². The van der Waals surface area contributed by atoms with E-state index >= 15 is 0 Å². The third-order valence-corrected chi connectivity index (χ3v) is 4.03. The standard InChI is InChI=1S/C18H13Cl2N/c1-3-14-16(20)10-17-15(9-4-11(2)21-17)18(14)12-5-7-13(19)8-6-12/h3-10H,1H2,2H3. The molecule has 0 aliphatic carbocycles. The van der Waals surface area contributed by atoms with Crippen molar-refractivity contribution >= 4 is 40.2 Å². The van der Waals surface area contributed by atoms with Crippen LogP contribution in [0.15, 0.2) is 49.0 Å². The van der Waals surface area contributed by atoms with Crippen LogP contribution in [0.2, 0.25) is 10.0 Å². The van der Waals surface area contributed by atoms with Gasteiger partial charge in [-0.1, -0.05) is 54.1 Å². The van der Waals surface area contributed by atoms with Crippen LogP contribution < -0.4 is 0 Å². The van der Waals surface area contributed by atoms with Gasteiger partial charge in [0.25, 0.3) is 0 Å². The highest BCUT2D eigenvalue weighted by atomic mass is 35.5. The molecule has 1 aromatic heterocycles. The minimum Gasteiger partial charge on any atom is -0.253 e. The summed E-state index contributed by atoms with van der Waals surface area (Å²) in [4.78, 5) is 4.57. The first-order valence-electron chi connectivity index (χ1n) is 6.58. The van der Waals surface area contributed by atoms with Gasteiger partial charge in [-0.2, -0.15) is 0 Å². The van der Waals surface area contributed by atoms with Gasteiger partial charge in [-0.15, -0.1) is 0 Å². The third kappa shape index (κ3) is 2.55. The minimum absolute atomic E-state index is 0.653. The smallest absolute Gasteiger partial charge is 0.0726 e. The molecule has 3 heteroatoms. The number of pyridine rings is 1. The van der Waals surface area contributed by atoms with E-state index in [0.717, 1.165) is 33.3 Å². The van der Waals surface area contributed by atoms with Crippen molar-refractivity contribution in [1.82, 2.24) is 4.98 Å². The molecule has 3 aromatic rings. The van der Waals surface area contributed by atoms with Gasteiger partial charge in [-0.3, -0.25) is 4.98 Å². The molecule has 0 unspecified atom stereocenters. The van der Waals surface area contributed by atoms with E-state index in [0.29, 0.717) is 10.0 Å². The van der Waals surface area contributed by atoms with Crippen LogP contribution in [0.4, 0.5) is 0 Å². The van der Waals surface area contributed by atoms with E-state index in [-0.39, 0.29) is 0 Å². The highest BCUT2D eigenvalue weighted by Crippen LogP contribution is 2.37. The summed E-state index contributed by atoms with van der Waals surface area (Å²) < 4.78 is 0. The summed E-state index contributed by atoms with van der Waals surface area (Å²) in [7, 11) is 0. The van der Waals surface area contributed by atoms with Gasteiger partial charge in [0.15, 0.2) is 0 Å². The topological polar surface area (TPSA) is 12.9 Å². The molecule has 0 aliphatic rings. The van der Waals surface area contributed by atoms with E-state index in [2.05, 4.69) is 17.6 Å². The van der Waals surface area contributed by atoms with Crippen LogP contribution in [-0.4, -0.2) is 4.98 Å². The average Bonchev–Trinajstić information content (AvgIpc) is 2.46. The van der Waals surface area contributed by atoms with Crippen molar-refractivity contribution in [3.63, 3.8) is 0 Å². The fourth-order valence-corrected chi connectivity index (χ4v) is 2.89. The van der Waals surface area contributed by atoms with Gasteiger partial charge in [-0.05, 0) is 42.3 Å². The summed E-state index contributed by atoms with van der Waals surface area (Å²) in [6.07, 6.45) is 1.78. The molecule has 0 atom stereocenters. The molecule has 1 heterocycles. The zero-order valence-corrected chi connectivity index (χ0v) is 13.0. The van der Waals surface area contributed by atoms with Gasteiger partial charge >= 0.3 is 0 Å². The average molecular weight is 314 g/mol.